The highest BCUT2D eigenvalue weighted by atomic mass is 79.9. The molecule has 456 valence electrons. The van der Waals surface area contributed by atoms with E-state index in [9.17, 15) is 10.0 Å². The molecular formula is C92H59BBr2O2. The van der Waals surface area contributed by atoms with Gasteiger partial charge in [-0.2, -0.15) is 0 Å². The van der Waals surface area contributed by atoms with Crippen molar-refractivity contribution in [3.63, 3.8) is 0 Å². The van der Waals surface area contributed by atoms with Crippen molar-refractivity contribution in [2.75, 3.05) is 0 Å². The van der Waals surface area contributed by atoms with Crippen molar-refractivity contribution in [2.24, 2.45) is 0 Å². The average Bonchev–Trinajstić information content (AvgIpc) is 0.731. The van der Waals surface area contributed by atoms with Crippen LogP contribution < -0.4 is 5.46 Å². The van der Waals surface area contributed by atoms with Gasteiger partial charge in [0.1, 0.15) is 0 Å². The van der Waals surface area contributed by atoms with Crippen LogP contribution in [0.2, 0.25) is 0 Å². The fourth-order valence-corrected chi connectivity index (χ4v) is 16.2. The molecule has 5 heteroatoms. The summed E-state index contributed by atoms with van der Waals surface area (Å²) in [5, 5.41) is 46.4. The zero-order valence-corrected chi connectivity index (χ0v) is 55.8. The van der Waals surface area contributed by atoms with E-state index < -0.39 is 7.12 Å². The van der Waals surface area contributed by atoms with Crippen LogP contribution in [0, 0.1) is 0 Å². The van der Waals surface area contributed by atoms with Gasteiger partial charge in [-0.15, -0.1) is 0 Å². The van der Waals surface area contributed by atoms with Gasteiger partial charge >= 0.3 is 7.12 Å². The van der Waals surface area contributed by atoms with Crippen LogP contribution >= 0.6 is 31.9 Å². The number of hydrogen-bond acceptors (Lipinski definition) is 2. The van der Waals surface area contributed by atoms with E-state index in [-0.39, 0.29) is 0 Å². The van der Waals surface area contributed by atoms with Gasteiger partial charge in [0.2, 0.25) is 0 Å². The quantitative estimate of drug-likeness (QED) is 0.129. The van der Waals surface area contributed by atoms with Crippen LogP contribution in [-0.2, 0) is 0 Å². The molecule has 0 atom stereocenters. The van der Waals surface area contributed by atoms with E-state index in [1.807, 2.05) is 60.7 Å². The average molecular weight is 1370 g/mol. The third-order valence-electron chi connectivity index (χ3n) is 19.5. The molecule has 0 aliphatic carbocycles. The Balaban J connectivity index is 0.000000148. The maximum absolute atomic E-state index is 10.1. The third kappa shape index (κ3) is 10.6. The minimum absolute atomic E-state index is 0.561. The third-order valence-corrected chi connectivity index (χ3v) is 20.9. The first kappa shape index (κ1) is 59.7. The molecule has 0 unspecified atom stereocenters. The number of rotatable bonds is 6. The highest BCUT2D eigenvalue weighted by Crippen LogP contribution is 2.50. The summed E-state index contributed by atoms with van der Waals surface area (Å²) >= 11 is 7.02. The van der Waals surface area contributed by atoms with Crippen LogP contribution in [0.15, 0.2) is 355 Å². The summed E-state index contributed by atoms with van der Waals surface area (Å²) in [6.45, 7) is 0. The van der Waals surface area contributed by atoms with Gasteiger partial charge in [-0.05, 0) is 210 Å². The van der Waals surface area contributed by atoms with E-state index in [4.69, 9.17) is 0 Å². The van der Waals surface area contributed by atoms with Gasteiger partial charge in [0.15, 0.2) is 0 Å². The SMILES string of the molecule is Brc1cccc2c(Br)cccc12.OB(O)c1c2ccccc2c(-c2ccc3ccccc3c2)c2ccccc12.c1ccc2cc(-c3c4ccccc4c(-c4cccc5c(-c6c7ccccc7c(-c7ccc8ccccc8c7)c7ccccc67)cccc45)c4ccccc34)ccc2c1. The second-order valence-electron chi connectivity index (χ2n) is 24.9. The molecule has 0 fully saturated rings. The summed E-state index contributed by atoms with van der Waals surface area (Å²) in [7, 11) is -1.52. The first-order chi connectivity index (χ1) is 47.8. The van der Waals surface area contributed by atoms with Crippen molar-refractivity contribution in [1.29, 1.82) is 0 Å². The standard InChI is InChI=1S/C58H36.C24H17BO2.C10H6Br2/c1-3-17-39-35-41(33-31-37(39)15-1)55-47-19-5-9-23-51(47)57(52-24-10-6-20-48(52)55)45-29-13-28-44-43(45)27-14-30-46(44)58-53-25-11-7-21-49(53)56(50-22-8-12-26-54(50)58)42-34-32-38-16-2-4-18-40(38)36-42;26-25(27)24-21-11-5-3-9-19(21)23(20-10-4-6-12-22(20)24)18-14-13-16-7-1-2-8-17(16)15-18;11-9-5-1-3-7-8(9)4-2-6-10(7)12/h1-36H;1-15,26-27H;1-6H. The lowest BCUT2D eigenvalue weighted by Crippen LogP contribution is -2.31. The highest BCUT2D eigenvalue weighted by Gasteiger charge is 2.24. The smallest absolute Gasteiger partial charge is 0.423 e. The second kappa shape index (κ2) is 25.3. The van der Waals surface area contributed by atoms with Crippen LogP contribution in [0.3, 0.4) is 0 Å². The topological polar surface area (TPSA) is 40.5 Å². The second-order valence-corrected chi connectivity index (χ2v) is 26.6. The van der Waals surface area contributed by atoms with Crippen LogP contribution in [0.4, 0.5) is 0 Å². The Morgan fingerprint density at radius 3 is 0.711 bits per heavy atom. The van der Waals surface area contributed by atoms with E-state index >= 15 is 0 Å². The van der Waals surface area contributed by atoms with Gasteiger partial charge in [0.05, 0.1) is 0 Å². The highest BCUT2D eigenvalue weighted by molar-refractivity contribution is 9.11. The van der Waals surface area contributed by atoms with Crippen molar-refractivity contribution < 1.29 is 10.0 Å². The molecule has 0 spiro atoms. The normalized spacial score (nSPS) is 11.5. The zero-order valence-electron chi connectivity index (χ0n) is 52.6. The van der Waals surface area contributed by atoms with Gasteiger partial charge < -0.3 is 10.0 Å². The van der Waals surface area contributed by atoms with E-state index in [1.54, 1.807) is 0 Å². The Morgan fingerprint density at radius 1 is 0.186 bits per heavy atom. The lowest BCUT2D eigenvalue weighted by molar-refractivity contribution is 0.426. The zero-order chi connectivity index (χ0) is 65.1. The van der Waals surface area contributed by atoms with Crippen LogP contribution in [0.1, 0.15) is 0 Å². The Kier molecular flexibility index (Phi) is 15.6. The first-order valence-corrected chi connectivity index (χ1v) is 34.4. The van der Waals surface area contributed by atoms with Gasteiger partial charge in [0, 0.05) is 8.95 Å². The Bertz CT molecular complexity index is 5900. The molecule has 0 saturated heterocycles. The molecular weight excluding hydrogens is 1310 g/mol. The number of halogens is 2. The van der Waals surface area contributed by atoms with Crippen LogP contribution in [-0.4, -0.2) is 17.2 Å². The molecule has 0 aliphatic rings. The van der Waals surface area contributed by atoms with Crippen molar-refractivity contribution in [3.8, 4) is 55.6 Å². The predicted octanol–water partition coefficient (Wildman–Crippen LogP) is 25.3. The Hall–Kier alpha value is -11.0. The minimum Gasteiger partial charge on any atom is -0.423 e. The molecule has 0 aromatic heterocycles. The largest absolute Gasteiger partial charge is 0.489 e. The molecule has 0 aliphatic heterocycles. The summed E-state index contributed by atoms with van der Waals surface area (Å²) in [5.41, 5.74) is 12.9. The van der Waals surface area contributed by atoms with Crippen molar-refractivity contribution in [3.05, 3.63) is 355 Å². The summed E-state index contributed by atoms with van der Waals surface area (Å²) in [5.74, 6) is 0. The molecule has 0 radical (unpaired) electrons. The predicted molar refractivity (Wildman–Crippen MR) is 424 cm³/mol. The van der Waals surface area contributed by atoms with Gasteiger partial charge in [-0.3, -0.25) is 0 Å². The monoisotopic (exact) mass is 1360 g/mol. The van der Waals surface area contributed by atoms with Gasteiger partial charge in [-0.25, -0.2) is 0 Å². The van der Waals surface area contributed by atoms with Crippen molar-refractivity contribution >= 4 is 163 Å². The van der Waals surface area contributed by atoms with Gasteiger partial charge in [0.25, 0.3) is 0 Å². The molecule has 19 rings (SSSR count). The maximum atomic E-state index is 10.1. The maximum Gasteiger partial charge on any atom is 0.489 e. The fourth-order valence-electron chi connectivity index (χ4n) is 15.2. The summed E-state index contributed by atoms with van der Waals surface area (Å²) in [4.78, 5) is 0. The Labute approximate surface area is 579 Å². The number of hydrogen-bond donors (Lipinski definition) is 2. The number of benzene rings is 19. The van der Waals surface area contributed by atoms with Crippen LogP contribution in [0.25, 0.3) is 174 Å². The van der Waals surface area contributed by atoms with E-state index in [1.165, 1.54) is 141 Å². The minimum atomic E-state index is -1.52. The van der Waals surface area contributed by atoms with E-state index in [0.29, 0.717) is 5.46 Å². The molecule has 0 amide bonds. The Morgan fingerprint density at radius 2 is 0.412 bits per heavy atom. The summed E-state index contributed by atoms with van der Waals surface area (Å²) < 4.78 is 2.28. The molecule has 2 N–H and O–H groups in total. The van der Waals surface area contributed by atoms with E-state index in [2.05, 4.69) is 317 Å². The van der Waals surface area contributed by atoms with E-state index in [0.717, 1.165) is 41.6 Å². The summed E-state index contributed by atoms with van der Waals surface area (Å²) in [6, 6.07) is 124. The van der Waals surface area contributed by atoms with Crippen molar-refractivity contribution in [2.45, 2.75) is 0 Å². The molecule has 19 aromatic carbocycles. The fraction of sp³-hybridized carbons (Fsp3) is 0. The summed E-state index contributed by atoms with van der Waals surface area (Å²) in [6.07, 6.45) is 0. The van der Waals surface area contributed by atoms with Crippen LogP contribution in [0.5, 0.6) is 0 Å². The molecule has 0 bridgehead atoms. The van der Waals surface area contributed by atoms with Gasteiger partial charge in [-0.1, -0.05) is 347 Å². The number of fused-ring (bicyclic) bond motifs is 11. The first-order valence-electron chi connectivity index (χ1n) is 32.8. The lowest BCUT2D eigenvalue weighted by Gasteiger charge is -2.21. The molecule has 0 saturated carbocycles. The molecule has 0 heterocycles. The molecule has 19 aromatic rings. The molecule has 97 heavy (non-hydrogen) atoms. The molecule has 2 nitrogen and oxygen atoms in total. The van der Waals surface area contributed by atoms with Crippen molar-refractivity contribution in [1.82, 2.24) is 0 Å². The lowest BCUT2D eigenvalue weighted by atomic mass is 9.72.